The minimum Gasteiger partial charge on any atom is -0.477 e. The van der Waals surface area contributed by atoms with Gasteiger partial charge in [-0.3, -0.25) is 4.98 Å². The molecule has 0 saturated heterocycles. The van der Waals surface area contributed by atoms with Gasteiger partial charge in [-0.2, -0.15) is 10.1 Å². The molecule has 0 spiro atoms. The van der Waals surface area contributed by atoms with Crippen molar-refractivity contribution in [1.29, 1.82) is 0 Å². The van der Waals surface area contributed by atoms with E-state index in [1.54, 1.807) is 29.5 Å². The Balaban J connectivity index is 2.22. The maximum Gasteiger partial charge on any atom is 0.234 e. The highest BCUT2D eigenvalue weighted by Gasteiger charge is 2.02. The molecule has 84 valence electrons. The van der Waals surface area contributed by atoms with E-state index in [1.807, 2.05) is 6.92 Å². The SMILES string of the molecule is CCCOc1cncc(-n2cc(N)cn2)n1. The third-order valence-corrected chi connectivity index (χ3v) is 1.89. The van der Waals surface area contributed by atoms with Crippen molar-refractivity contribution in [2.45, 2.75) is 13.3 Å². The molecule has 0 radical (unpaired) electrons. The highest BCUT2D eigenvalue weighted by atomic mass is 16.5. The molecular weight excluding hydrogens is 206 g/mol. The monoisotopic (exact) mass is 219 g/mol. The van der Waals surface area contributed by atoms with Crippen molar-refractivity contribution in [2.75, 3.05) is 12.3 Å². The van der Waals surface area contributed by atoms with Crippen LogP contribution in [0.4, 0.5) is 5.69 Å². The third-order valence-electron chi connectivity index (χ3n) is 1.89. The summed E-state index contributed by atoms with van der Waals surface area (Å²) in [4.78, 5) is 8.29. The van der Waals surface area contributed by atoms with Crippen molar-refractivity contribution < 1.29 is 4.74 Å². The molecule has 0 fully saturated rings. The molecule has 2 aromatic rings. The lowest BCUT2D eigenvalue weighted by Gasteiger charge is -2.04. The Kier molecular flexibility index (Phi) is 3.00. The second-order valence-corrected chi connectivity index (χ2v) is 3.28. The van der Waals surface area contributed by atoms with E-state index < -0.39 is 0 Å². The number of aromatic nitrogens is 4. The van der Waals surface area contributed by atoms with Crippen molar-refractivity contribution in [3.05, 3.63) is 24.8 Å². The largest absolute Gasteiger partial charge is 0.477 e. The fourth-order valence-electron chi connectivity index (χ4n) is 1.19. The molecule has 2 heterocycles. The number of anilines is 1. The van der Waals surface area contributed by atoms with Crippen LogP contribution < -0.4 is 10.5 Å². The Labute approximate surface area is 93.1 Å². The van der Waals surface area contributed by atoms with Gasteiger partial charge in [-0.25, -0.2) is 4.68 Å². The van der Waals surface area contributed by atoms with Crippen LogP contribution in [0.25, 0.3) is 5.82 Å². The van der Waals surface area contributed by atoms with Crippen LogP contribution in [0.5, 0.6) is 5.88 Å². The number of hydrogen-bond acceptors (Lipinski definition) is 5. The Morgan fingerprint density at radius 1 is 1.38 bits per heavy atom. The molecule has 0 unspecified atom stereocenters. The predicted molar refractivity (Wildman–Crippen MR) is 59.4 cm³/mol. The minimum atomic E-state index is 0.494. The maximum atomic E-state index is 5.57. The molecule has 6 nitrogen and oxygen atoms in total. The summed E-state index contributed by atoms with van der Waals surface area (Å²) in [7, 11) is 0. The van der Waals surface area contributed by atoms with E-state index in [4.69, 9.17) is 10.5 Å². The fraction of sp³-hybridized carbons (Fsp3) is 0.300. The van der Waals surface area contributed by atoms with E-state index in [-0.39, 0.29) is 0 Å². The molecule has 16 heavy (non-hydrogen) atoms. The quantitative estimate of drug-likeness (QED) is 0.830. The smallest absolute Gasteiger partial charge is 0.234 e. The summed E-state index contributed by atoms with van der Waals surface area (Å²) in [6, 6.07) is 0. The van der Waals surface area contributed by atoms with Crippen LogP contribution >= 0.6 is 0 Å². The molecule has 0 aliphatic carbocycles. The molecule has 2 N–H and O–H groups in total. The first-order chi connectivity index (χ1) is 7.79. The average molecular weight is 219 g/mol. The lowest BCUT2D eigenvalue weighted by atomic mass is 10.5. The van der Waals surface area contributed by atoms with E-state index >= 15 is 0 Å². The summed E-state index contributed by atoms with van der Waals surface area (Å²) < 4.78 is 6.93. The number of nitrogen functional groups attached to an aromatic ring is 1. The second kappa shape index (κ2) is 4.61. The van der Waals surface area contributed by atoms with Gasteiger partial charge >= 0.3 is 0 Å². The van der Waals surface area contributed by atoms with Crippen LogP contribution in [-0.4, -0.2) is 26.4 Å². The molecule has 2 rings (SSSR count). The molecular formula is C10H13N5O. The van der Waals surface area contributed by atoms with Gasteiger partial charge in [0.2, 0.25) is 5.88 Å². The Hall–Kier alpha value is -2.11. The zero-order valence-electron chi connectivity index (χ0n) is 9.00. The molecule has 6 heteroatoms. The van der Waals surface area contributed by atoms with E-state index in [1.165, 1.54) is 0 Å². The second-order valence-electron chi connectivity index (χ2n) is 3.28. The predicted octanol–water partition coefficient (Wildman–Crippen LogP) is 1.03. The van der Waals surface area contributed by atoms with Gasteiger partial charge in [0.15, 0.2) is 5.82 Å². The van der Waals surface area contributed by atoms with E-state index in [0.29, 0.717) is 24.0 Å². The highest BCUT2D eigenvalue weighted by Crippen LogP contribution is 2.10. The first-order valence-electron chi connectivity index (χ1n) is 5.05. The summed E-state index contributed by atoms with van der Waals surface area (Å²) in [6.45, 7) is 2.66. The van der Waals surface area contributed by atoms with Crippen LogP contribution in [0.3, 0.4) is 0 Å². The first kappa shape index (κ1) is 10.4. The van der Waals surface area contributed by atoms with Crippen LogP contribution in [0.1, 0.15) is 13.3 Å². The fourth-order valence-corrected chi connectivity index (χ4v) is 1.19. The summed E-state index contributed by atoms with van der Waals surface area (Å²) in [5, 5.41) is 4.04. The van der Waals surface area contributed by atoms with Crippen molar-refractivity contribution >= 4 is 5.69 Å². The summed E-state index contributed by atoms with van der Waals surface area (Å²) in [6.07, 6.45) is 7.34. The van der Waals surface area contributed by atoms with Gasteiger partial charge in [0.25, 0.3) is 0 Å². The van der Waals surface area contributed by atoms with Gasteiger partial charge in [0.1, 0.15) is 0 Å². The number of rotatable bonds is 4. The van der Waals surface area contributed by atoms with Crippen molar-refractivity contribution in [3.63, 3.8) is 0 Å². The van der Waals surface area contributed by atoms with Gasteiger partial charge in [0.05, 0.1) is 37.1 Å². The van der Waals surface area contributed by atoms with Crippen LogP contribution in [0, 0.1) is 0 Å². The van der Waals surface area contributed by atoms with Gasteiger partial charge in [0, 0.05) is 0 Å². The van der Waals surface area contributed by atoms with Gasteiger partial charge < -0.3 is 10.5 Å². The Morgan fingerprint density at radius 2 is 2.25 bits per heavy atom. The molecule has 2 aromatic heterocycles. The van der Waals surface area contributed by atoms with Gasteiger partial charge in [-0.1, -0.05) is 6.92 Å². The molecule has 0 aliphatic heterocycles. The van der Waals surface area contributed by atoms with Crippen LogP contribution in [0.2, 0.25) is 0 Å². The van der Waals surface area contributed by atoms with Crippen molar-refractivity contribution in [1.82, 2.24) is 19.7 Å². The first-order valence-corrected chi connectivity index (χ1v) is 5.05. The summed E-state index contributed by atoms with van der Waals surface area (Å²) >= 11 is 0. The maximum absolute atomic E-state index is 5.57. The molecule has 0 atom stereocenters. The van der Waals surface area contributed by atoms with Gasteiger partial charge in [-0.05, 0) is 6.42 Å². The molecule has 0 amide bonds. The van der Waals surface area contributed by atoms with Crippen LogP contribution in [-0.2, 0) is 0 Å². The van der Waals surface area contributed by atoms with Crippen LogP contribution in [0.15, 0.2) is 24.8 Å². The highest BCUT2D eigenvalue weighted by molar-refractivity contribution is 5.34. The molecule has 0 saturated carbocycles. The summed E-state index contributed by atoms with van der Waals surface area (Å²) in [5.41, 5.74) is 6.16. The van der Waals surface area contributed by atoms with E-state index in [2.05, 4.69) is 15.1 Å². The normalized spacial score (nSPS) is 10.3. The van der Waals surface area contributed by atoms with E-state index in [0.717, 1.165) is 6.42 Å². The lowest BCUT2D eigenvalue weighted by molar-refractivity contribution is 0.303. The van der Waals surface area contributed by atoms with Gasteiger partial charge in [-0.15, -0.1) is 0 Å². The number of nitrogens with zero attached hydrogens (tertiary/aromatic N) is 4. The standard InChI is InChI=1S/C10H13N5O/c1-2-3-16-10-6-12-5-9(14-10)15-7-8(11)4-13-15/h4-7H,2-3,11H2,1H3. The minimum absolute atomic E-state index is 0.494. The topological polar surface area (TPSA) is 78.9 Å². The number of ether oxygens (including phenoxy) is 1. The molecule has 0 bridgehead atoms. The zero-order valence-corrected chi connectivity index (χ0v) is 9.00. The lowest BCUT2D eigenvalue weighted by Crippen LogP contribution is -2.03. The van der Waals surface area contributed by atoms with E-state index in [9.17, 15) is 0 Å². The Bertz CT molecular complexity index is 468. The van der Waals surface area contributed by atoms with Crippen molar-refractivity contribution in [2.24, 2.45) is 0 Å². The number of hydrogen-bond donors (Lipinski definition) is 1. The summed E-state index contributed by atoms with van der Waals surface area (Å²) in [5.74, 6) is 1.08. The third kappa shape index (κ3) is 2.28. The molecule has 0 aromatic carbocycles. The zero-order chi connectivity index (χ0) is 11.4. The van der Waals surface area contributed by atoms with Crippen molar-refractivity contribution in [3.8, 4) is 11.7 Å². The molecule has 0 aliphatic rings. The Morgan fingerprint density at radius 3 is 2.94 bits per heavy atom. The number of nitrogens with two attached hydrogens (primary N) is 1. The average Bonchev–Trinajstić information content (AvgIpc) is 2.74.